The predicted molar refractivity (Wildman–Crippen MR) is 82.2 cm³/mol. The lowest BCUT2D eigenvalue weighted by atomic mass is 9.82. The van der Waals surface area contributed by atoms with Crippen LogP contribution in [0, 0.1) is 5.41 Å². The number of rotatable bonds is 3. The number of hydrogen-bond donors (Lipinski definition) is 1. The van der Waals surface area contributed by atoms with Gasteiger partial charge in [-0.15, -0.1) is 10.2 Å². The maximum absolute atomic E-state index is 12.6. The van der Waals surface area contributed by atoms with Gasteiger partial charge >= 0.3 is 5.97 Å². The van der Waals surface area contributed by atoms with E-state index >= 15 is 0 Å². The second-order valence-corrected chi connectivity index (χ2v) is 6.11. The van der Waals surface area contributed by atoms with Crippen LogP contribution in [-0.2, 0) is 4.79 Å². The van der Waals surface area contributed by atoms with E-state index in [-0.39, 0.29) is 12.5 Å². The van der Waals surface area contributed by atoms with Crippen molar-refractivity contribution in [2.45, 2.75) is 19.8 Å². The van der Waals surface area contributed by atoms with E-state index in [0.29, 0.717) is 24.9 Å². The minimum atomic E-state index is -0.865. The second kappa shape index (κ2) is 5.83. The highest BCUT2D eigenvalue weighted by Gasteiger charge is 2.39. The lowest BCUT2D eigenvalue weighted by Gasteiger charge is -2.37. The van der Waals surface area contributed by atoms with E-state index < -0.39 is 11.4 Å². The standard InChI is InChI=1S/C16H18N4O3/c1-16(15(22)23)7-2-8-19(9-16)14(21)12-3-5-13(6-4-12)20-10-17-18-11-20/h3-6,10-11H,2,7-9H2,1H3,(H,22,23). The summed E-state index contributed by atoms with van der Waals surface area (Å²) in [5.74, 6) is -0.981. The fraction of sp³-hybridized carbons (Fsp3) is 0.375. The number of hydrogen-bond acceptors (Lipinski definition) is 4. The first kappa shape index (κ1) is 15.2. The molecule has 1 aromatic heterocycles. The zero-order valence-electron chi connectivity index (χ0n) is 12.8. The summed E-state index contributed by atoms with van der Waals surface area (Å²) in [4.78, 5) is 25.6. The number of nitrogens with zero attached hydrogens (tertiary/aromatic N) is 4. The van der Waals surface area contributed by atoms with Crippen LogP contribution in [0.5, 0.6) is 0 Å². The molecule has 1 unspecified atom stereocenters. The molecule has 1 N–H and O–H groups in total. The number of carboxylic acid groups (broad SMARTS) is 1. The number of piperidine rings is 1. The van der Waals surface area contributed by atoms with Gasteiger partial charge in [-0.1, -0.05) is 0 Å². The zero-order chi connectivity index (χ0) is 16.4. The molecule has 1 aliphatic rings. The van der Waals surface area contributed by atoms with Crippen LogP contribution in [0.4, 0.5) is 0 Å². The second-order valence-electron chi connectivity index (χ2n) is 6.11. The molecule has 3 rings (SSSR count). The number of aliphatic carboxylic acids is 1. The smallest absolute Gasteiger partial charge is 0.311 e. The third-order valence-electron chi connectivity index (χ3n) is 4.33. The summed E-state index contributed by atoms with van der Waals surface area (Å²) in [7, 11) is 0. The zero-order valence-corrected chi connectivity index (χ0v) is 12.8. The van der Waals surface area contributed by atoms with Crippen molar-refractivity contribution in [2.75, 3.05) is 13.1 Å². The average molecular weight is 314 g/mol. The molecule has 0 radical (unpaired) electrons. The Kier molecular flexibility index (Phi) is 3.85. The van der Waals surface area contributed by atoms with Gasteiger partial charge in [-0.25, -0.2) is 0 Å². The highest BCUT2D eigenvalue weighted by atomic mass is 16.4. The Hall–Kier alpha value is -2.70. The summed E-state index contributed by atoms with van der Waals surface area (Å²) < 4.78 is 1.75. The molecule has 1 aromatic carbocycles. The predicted octanol–water partition coefficient (Wildman–Crippen LogP) is 1.59. The number of likely N-dealkylation sites (tertiary alicyclic amines) is 1. The number of carbonyl (C=O) groups is 2. The van der Waals surface area contributed by atoms with E-state index in [4.69, 9.17) is 0 Å². The first-order valence-corrected chi connectivity index (χ1v) is 7.47. The highest BCUT2D eigenvalue weighted by Crippen LogP contribution is 2.30. The molecule has 0 saturated carbocycles. The lowest BCUT2D eigenvalue weighted by Crippen LogP contribution is -2.48. The van der Waals surface area contributed by atoms with Crippen LogP contribution in [0.15, 0.2) is 36.9 Å². The van der Waals surface area contributed by atoms with Crippen molar-refractivity contribution in [3.63, 3.8) is 0 Å². The Morgan fingerprint density at radius 2 is 1.83 bits per heavy atom. The van der Waals surface area contributed by atoms with E-state index in [1.165, 1.54) is 0 Å². The van der Waals surface area contributed by atoms with Gasteiger partial charge in [0.15, 0.2) is 0 Å². The molecule has 1 saturated heterocycles. The van der Waals surface area contributed by atoms with Gasteiger partial charge in [-0.3, -0.25) is 14.2 Å². The summed E-state index contributed by atoms with van der Waals surface area (Å²) >= 11 is 0. The Bertz CT molecular complexity index is 711. The number of amides is 1. The van der Waals surface area contributed by atoms with Crippen molar-refractivity contribution in [1.82, 2.24) is 19.7 Å². The Morgan fingerprint density at radius 3 is 2.43 bits per heavy atom. The molecule has 7 heteroatoms. The van der Waals surface area contributed by atoms with Gasteiger partial charge in [0, 0.05) is 24.3 Å². The number of carboxylic acids is 1. The van der Waals surface area contributed by atoms with Crippen molar-refractivity contribution in [3.05, 3.63) is 42.5 Å². The van der Waals surface area contributed by atoms with Gasteiger partial charge in [0.2, 0.25) is 0 Å². The van der Waals surface area contributed by atoms with Crippen LogP contribution < -0.4 is 0 Å². The van der Waals surface area contributed by atoms with Crippen LogP contribution in [0.25, 0.3) is 5.69 Å². The number of benzene rings is 1. The van der Waals surface area contributed by atoms with E-state index in [9.17, 15) is 14.7 Å². The highest BCUT2D eigenvalue weighted by molar-refractivity contribution is 5.95. The van der Waals surface area contributed by atoms with Gasteiger partial charge in [0.05, 0.1) is 5.41 Å². The topological polar surface area (TPSA) is 88.3 Å². The van der Waals surface area contributed by atoms with Gasteiger partial charge in [0.1, 0.15) is 12.7 Å². The van der Waals surface area contributed by atoms with E-state index in [2.05, 4.69) is 10.2 Å². The molecule has 1 atom stereocenters. The molecule has 1 aliphatic heterocycles. The third-order valence-corrected chi connectivity index (χ3v) is 4.33. The minimum absolute atomic E-state index is 0.132. The molecule has 2 heterocycles. The maximum Gasteiger partial charge on any atom is 0.311 e. The Morgan fingerprint density at radius 1 is 1.17 bits per heavy atom. The summed E-state index contributed by atoms with van der Waals surface area (Å²) in [5.41, 5.74) is 0.549. The quantitative estimate of drug-likeness (QED) is 0.929. The summed E-state index contributed by atoms with van der Waals surface area (Å²) in [5, 5.41) is 16.8. The Balaban J connectivity index is 1.76. The summed E-state index contributed by atoms with van der Waals surface area (Å²) in [6.07, 6.45) is 4.46. The Labute approximate surface area is 133 Å². The van der Waals surface area contributed by atoms with Crippen molar-refractivity contribution in [3.8, 4) is 5.69 Å². The lowest BCUT2D eigenvalue weighted by molar-refractivity contribution is -0.150. The maximum atomic E-state index is 12.6. The van der Waals surface area contributed by atoms with Gasteiger partial charge < -0.3 is 10.0 Å². The van der Waals surface area contributed by atoms with Gasteiger partial charge in [-0.05, 0) is 44.0 Å². The largest absolute Gasteiger partial charge is 0.481 e. The molecular weight excluding hydrogens is 296 g/mol. The first-order chi connectivity index (χ1) is 11.0. The molecule has 120 valence electrons. The molecule has 23 heavy (non-hydrogen) atoms. The molecular formula is C16H18N4O3. The normalized spacial score (nSPS) is 21.2. The number of aromatic nitrogens is 3. The molecule has 2 aromatic rings. The number of carbonyl (C=O) groups excluding carboxylic acids is 1. The third kappa shape index (κ3) is 2.94. The SMILES string of the molecule is CC1(C(=O)O)CCCN(C(=O)c2ccc(-n3cnnc3)cc2)C1. The van der Waals surface area contributed by atoms with E-state index in [1.54, 1.807) is 41.2 Å². The molecule has 1 fully saturated rings. The summed E-state index contributed by atoms with van der Waals surface area (Å²) in [6.45, 7) is 2.53. The summed E-state index contributed by atoms with van der Waals surface area (Å²) in [6, 6.07) is 7.11. The fourth-order valence-corrected chi connectivity index (χ4v) is 2.88. The molecule has 1 amide bonds. The van der Waals surface area contributed by atoms with Crippen LogP contribution >= 0.6 is 0 Å². The molecule has 0 aliphatic carbocycles. The van der Waals surface area contributed by atoms with Gasteiger partial charge in [0.25, 0.3) is 5.91 Å². The van der Waals surface area contributed by atoms with Crippen molar-refractivity contribution >= 4 is 11.9 Å². The van der Waals surface area contributed by atoms with Crippen LogP contribution in [0.2, 0.25) is 0 Å². The fourth-order valence-electron chi connectivity index (χ4n) is 2.88. The van der Waals surface area contributed by atoms with E-state index in [0.717, 1.165) is 5.69 Å². The van der Waals surface area contributed by atoms with Crippen LogP contribution in [-0.4, -0.2) is 49.7 Å². The van der Waals surface area contributed by atoms with Crippen LogP contribution in [0.1, 0.15) is 30.1 Å². The average Bonchev–Trinajstić information content (AvgIpc) is 3.09. The minimum Gasteiger partial charge on any atom is -0.481 e. The van der Waals surface area contributed by atoms with Crippen molar-refractivity contribution in [2.24, 2.45) is 5.41 Å². The van der Waals surface area contributed by atoms with Crippen LogP contribution in [0.3, 0.4) is 0 Å². The van der Waals surface area contributed by atoms with E-state index in [1.807, 2.05) is 12.1 Å². The van der Waals surface area contributed by atoms with Gasteiger partial charge in [-0.2, -0.15) is 0 Å². The van der Waals surface area contributed by atoms with Crippen molar-refractivity contribution < 1.29 is 14.7 Å². The monoisotopic (exact) mass is 314 g/mol. The molecule has 0 spiro atoms. The van der Waals surface area contributed by atoms with Crippen molar-refractivity contribution in [1.29, 1.82) is 0 Å². The molecule has 0 bridgehead atoms. The molecule has 7 nitrogen and oxygen atoms in total. The first-order valence-electron chi connectivity index (χ1n) is 7.47.